The van der Waals surface area contributed by atoms with Crippen molar-refractivity contribution < 1.29 is 14.8 Å². The van der Waals surface area contributed by atoms with E-state index in [4.69, 9.17) is 23.2 Å². The summed E-state index contributed by atoms with van der Waals surface area (Å²) in [6, 6.07) is 12.5. The van der Waals surface area contributed by atoms with Gasteiger partial charge in [0.25, 0.3) is 5.91 Å². The zero-order valence-electron chi connectivity index (χ0n) is 13.6. The third-order valence-corrected chi connectivity index (χ3v) is 4.96. The van der Waals surface area contributed by atoms with E-state index in [9.17, 15) is 9.90 Å². The molecule has 1 amide bonds. The highest BCUT2D eigenvalue weighted by Gasteiger charge is 2.24. The zero-order valence-corrected chi connectivity index (χ0v) is 15.1. The lowest BCUT2D eigenvalue weighted by molar-refractivity contribution is -0.892. The van der Waals surface area contributed by atoms with Crippen molar-refractivity contribution in [3.05, 3.63) is 52.5 Å². The summed E-state index contributed by atoms with van der Waals surface area (Å²) in [5.74, 6) is 0.179. The largest absolute Gasteiger partial charge is 0.506 e. The van der Waals surface area contributed by atoms with Crippen molar-refractivity contribution >= 4 is 40.5 Å². The van der Waals surface area contributed by atoms with Crippen LogP contribution in [-0.4, -0.2) is 43.7 Å². The third kappa shape index (κ3) is 4.37. The summed E-state index contributed by atoms with van der Waals surface area (Å²) in [5.41, 5.74) is 1.30. The van der Waals surface area contributed by atoms with Gasteiger partial charge in [-0.15, -0.1) is 0 Å². The quantitative estimate of drug-likeness (QED) is 0.760. The van der Waals surface area contributed by atoms with Gasteiger partial charge in [0.2, 0.25) is 0 Å². The molecule has 0 radical (unpaired) electrons. The molecule has 1 aliphatic rings. The number of hydrogen-bond donors (Lipinski definition) is 3. The van der Waals surface area contributed by atoms with E-state index in [0.717, 1.165) is 31.9 Å². The van der Waals surface area contributed by atoms with Gasteiger partial charge in [0.1, 0.15) is 5.75 Å². The van der Waals surface area contributed by atoms with Crippen LogP contribution in [0.3, 0.4) is 0 Å². The van der Waals surface area contributed by atoms with Crippen LogP contribution in [0.25, 0.3) is 0 Å². The van der Waals surface area contributed by atoms with Gasteiger partial charge in [-0.1, -0.05) is 41.4 Å². The van der Waals surface area contributed by atoms with E-state index < -0.39 is 0 Å². The Morgan fingerprint density at radius 3 is 2.36 bits per heavy atom. The van der Waals surface area contributed by atoms with Crippen LogP contribution in [0.4, 0.5) is 11.4 Å². The number of carbonyl (C=O) groups is 1. The van der Waals surface area contributed by atoms with Crippen molar-refractivity contribution in [3.63, 3.8) is 0 Å². The molecular weight excluding hydrogens is 361 g/mol. The van der Waals surface area contributed by atoms with Gasteiger partial charge >= 0.3 is 0 Å². The topological polar surface area (TPSA) is 57.0 Å². The first kappa shape index (κ1) is 17.9. The second kappa shape index (κ2) is 7.95. The highest BCUT2D eigenvalue weighted by atomic mass is 35.5. The maximum absolute atomic E-state index is 12.3. The van der Waals surface area contributed by atoms with Crippen molar-refractivity contribution in [3.8, 4) is 5.75 Å². The van der Waals surface area contributed by atoms with Crippen molar-refractivity contribution in [1.29, 1.82) is 0 Å². The summed E-state index contributed by atoms with van der Waals surface area (Å²) >= 11 is 12.2. The van der Waals surface area contributed by atoms with E-state index >= 15 is 0 Å². The molecule has 0 aromatic heterocycles. The predicted molar refractivity (Wildman–Crippen MR) is 101 cm³/mol. The maximum Gasteiger partial charge on any atom is 0.279 e. The number of rotatable bonds is 4. The van der Waals surface area contributed by atoms with Gasteiger partial charge in [-0.05, 0) is 24.3 Å². The number of nitrogens with one attached hydrogen (secondary N) is 2. The number of benzene rings is 2. The standard InChI is InChI=1S/C18H19Cl2N3O2/c19-13-4-3-5-14(20)18(13)21-17(25)12-22-8-10-23(11-9-22)15-6-1-2-7-16(15)24/h1-7,24H,8-12H2,(H,21,25)/p+1. The van der Waals surface area contributed by atoms with Crippen LogP contribution in [0.15, 0.2) is 42.5 Å². The summed E-state index contributed by atoms with van der Waals surface area (Å²) < 4.78 is 0. The van der Waals surface area contributed by atoms with Gasteiger partial charge in [-0.3, -0.25) is 4.79 Å². The number of nitrogens with zero attached hydrogens (tertiary/aromatic N) is 1. The molecule has 3 N–H and O–H groups in total. The van der Waals surface area contributed by atoms with Gasteiger partial charge < -0.3 is 20.2 Å². The number of carbonyl (C=O) groups excluding carboxylic acids is 1. The van der Waals surface area contributed by atoms with Gasteiger partial charge in [-0.25, -0.2) is 0 Å². The molecule has 0 unspecified atom stereocenters. The lowest BCUT2D eigenvalue weighted by atomic mass is 10.2. The van der Waals surface area contributed by atoms with Crippen LogP contribution in [0.5, 0.6) is 5.75 Å². The van der Waals surface area contributed by atoms with Crippen LogP contribution in [0, 0.1) is 0 Å². The second-order valence-electron chi connectivity index (χ2n) is 6.05. The number of hydrogen-bond acceptors (Lipinski definition) is 3. The second-order valence-corrected chi connectivity index (χ2v) is 6.86. The molecule has 3 rings (SSSR count). The first-order valence-corrected chi connectivity index (χ1v) is 8.90. The number of anilines is 2. The third-order valence-electron chi connectivity index (χ3n) is 4.33. The van der Waals surface area contributed by atoms with E-state index in [-0.39, 0.29) is 11.7 Å². The van der Waals surface area contributed by atoms with E-state index in [1.165, 1.54) is 4.90 Å². The molecule has 2 aromatic carbocycles. The summed E-state index contributed by atoms with van der Waals surface area (Å²) in [6.07, 6.45) is 0. The molecular formula is C18H20Cl2N3O2+. The minimum atomic E-state index is -0.110. The van der Waals surface area contributed by atoms with Crippen LogP contribution in [0.2, 0.25) is 10.0 Å². The molecule has 1 heterocycles. The summed E-state index contributed by atoms with van der Waals surface area (Å²) in [7, 11) is 0. The zero-order chi connectivity index (χ0) is 17.8. The van der Waals surface area contributed by atoms with Gasteiger partial charge in [0.15, 0.2) is 6.54 Å². The fourth-order valence-electron chi connectivity index (χ4n) is 3.00. The number of phenolic OH excluding ortho intramolecular Hbond substituents is 1. The molecule has 0 saturated carbocycles. The van der Waals surface area contributed by atoms with Gasteiger partial charge in [0.05, 0.1) is 47.6 Å². The molecule has 25 heavy (non-hydrogen) atoms. The van der Waals surface area contributed by atoms with E-state index in [1.54, 1.807) is 24.3 Å². The molecule has 1 aliphatic heterocycles. The molecule has 5 nitrogen and oxygen atoms in total. The fraction of sp³-hybridized carbons (Fsp3) is 0.278. The molecule has 7 heteroatoms. The molecule has 2 aromatic rings. The lowest BCUT2D eigenvalue weighted by Gasteiger charge is -2.33. The summed E-state index contributed by atoms with van der Waals surface area (Å²) in [5, 5.41) is 13.6. The Hall–Kier alpha value is -1.95. The van der Waals surface area contributed by atoms with Gasteiger partial charge in [-0.2, -0.15) is 0 Å². The normalized spacial score (nSPS) is 15.2. The Labute approximate surface area is 156 Å². The first-order chi connectivity index (χ1) is 12.0. The highest BCUT2D eigenvalue weighted by molar-refractivity contribution is 6.39. The fourth-order valence-corrected chi connectivity index (χ4v) is 3.49. The average Bonchev–Trinajstić information content (AvgIpc) is 2.60. The first-order valence-electron chi connectivity index (χ1n) is 8.15. The number of para-hydroxylation sites is 3. The van der Waals surface area contributed by atoms with Crippen LogP contribution >= 0.6 is 23.2 Å². The Morgan fingerprint density at radius 2 is 1.72 bits per heavy atom. The number of amides is 1. The Kier molecular flexibility index (Phi) is 5.68. The average molecular weight is 381 g/mol. The highest BCUT2D eigenvalue weighted by Crippen LogP contribution is 2.29. The predicted octanol–water partition coefficient (Wildman–Crippen LogP) is 2.04. The SMILES string of the molecule is O=C(C[NH+]1CCN(c2ccccc2O)CC1)Nc1c(Cl)cccc1Cl. The van der Waals surface area contributed by atoms with E-state index in [2.05, 4.69) is 10.2 Å². The Bertz CT molecular complexity index is 741. The molecule has 0 aliphatic carbocycles. The number of quaternary nitrogens is 1. The molecule has 0 atom stereocenters. The number of phenols is 1. The van der Waals surface area contributed by atoms with Gasteiger partial charge in [0, 0.05) is 0 Å². The minimum absolute atomic E-state index is 0.110. The number of halogens is 2. The van der Waals surface area contributed by atoms with Crippen molar-refractivity contribution in [1.82, 2.24) is 0 Å². The summed E-state index contributed by atoms with van der Waals surface area (Å²) in [6.45, 7) is 3.56. The molecule has 0 bridgehead atoms. The van der Waals surface area contributed by atoms with Crippen LogP contribution in [-0.2, 0) is 4.79 Å². The Morgan fingerprint density at radius 1 is 1.08 bits per heavy atom. The number of piperazine rings is 1. The van der Waals surface area contributed by atoms with E-state index in [1.807, 2.05) is 18.2 Å². The summed E-state index contributed by atoms with van der Waals surface area (Å²) in [4.78, 5) is 15.6. The van der Waals surface area contributed by atoms with Crippen LogP contribution < -0.4 is 15.1 Å². The van der Waals surface area contributed by atoms with Crippen molar-refractivity contribution in [2.75, 3.05) is 42.9 Å². The van der Waals surface area contributed by atoms with E-state index in [0.29, 0.717) is 22.3 Å². The smallest absolute Gasteiger partial charge is 0.279 e. The molecule has 132 valence electrons. The number of aromatic hydroxyl groups is 1. The van der Waals surface area contributed by atoms with Crippen molar-refractivity contribution in [2.24, 2.45) is 0 Å². The Balaban J connectivity index is 1.54. The molecule has 1 saturated heterocycles. The van der Waals surface area contributed by atoms with Crippen LogP contribution in [0.1, 0.15) is 0 Å². The maximum atomic E-state index is 12.3. The molecule has 0 spiro atoms. The lowest BCUT2D eigenvalue weighted by Crippen LogP contribution is -3.15. The van der Waals surface area contributed by atoms with Crippen molar-refractivity contribution in [2.45, 2.75) is 0 Å². The molecule has 1 fully saturated rings. The monoisotopic (exact) mass is 380 g/mol. The minimum Gasteiger partial charge on any atom is -0.506 e.